The van der Waals surface area contributed by atoms with Crippen molar-refractivity contribution in [1.82, 2.24) is 0 Å². The van der Waals surface area contributed by atoms with E-state index in [1.807, 2.05) is 42.5 Å². The monoisotopic (exact) mass is 353 g/mol. The molecule has 0 N–H and O–H groups in total. The maximum atomic E-state index is 2.25. The van der Waals surface area contributed by atoms with Crippen LogP contribution in [0.15, 0.2) is 115 Å². The molecule has 0 radical (unpaired) electrons. The molecule has 0 aliphatic rings. The Morgan fingerprint density at radius 1 is 0.542 bits per heavy atom. The van der Waals surface area contributed by atoms with Crippen LogP contribution in [0.2, 0.25) is 0 Å². The number of para-hydroxylation sites is 2. The van der Waals surface area contributed by atoms with Gasteiger partial charge in [0.2, 0.25) is 0 Å². The van der Waals surface area contributed by atoms with Gasteiger partial charge >= 0.3 is 17.1 Å². The number of hydrogen-bond donors (Lipinski definition) is 0. The fraction of sp³-hybridized carbons (Fsp3) is 0. The first-order valence-corrected chi connectivity index (χ1v) is 7.74. The molecular weight excluding hydrogens is 334 g/mol. The summed E-state index contributed by atoms with van der Waals surface area (Å²) in [6.45, 7) is 0. The van der Waals surface area contributed by atoms with Gasteiger partial charge in [0.25, 0.3) is 0 Å². The van der Waals surface area contributed by atoms with E-state index < -0.39 is 0 Å². The molecule has 0 aliphatic heterocycles. The molecule has 0 spiro atoms. The molecular formula is C22H19FeN. The van der Waals surface area contributed by atoms with E-state index in [9.17, 15) is 0 Å². The number of nitrogens with zero attached hydrogens (tertiary/aromatic N) is 1. The van der Waals surface area contributed by atoms with Gasteiger partial charge in [-0.3, -0.25) is 0 Å². The maximum Gasteiger partial charge on any atom is 2.00 e. The van der Waals surface area contributed by atoms with E-state index >= 15 is 0 Å². The van der Waals surface area contributed by atoms with Crippen molar-refractivity contribution in [2.45, 2.75) is 0 Å². The van der Waals surface area contributed by atoms with Gasteiger partial charge in [-0.1, -0.05) is 42.1 Å². The molecule has 0 fully saturated rings. The van der Waals surface area contributed by atoms with Crippen LogP contribution in [0.3, 0.4) is 0 Å². The molecule has 4 rings (SSSR count). The number of rotatable bonds is 3. The third-order valence-corrected chi connectivity index (χ3v) is 3.49. The zero-order chi connectivity index (χ0) is 15.7. The van der Waals surface area contributed by atoms with Crippen LogP contribution in [0, 0.1) is 0 Å². The molecule has 4 aromatic carbocycles. The molecule has 0 saturated heterocycles. The fourth-order valence-corrected chi connectivity index (χ4v) is 2.44. The number of hydrogen-bond acceptors (Lipinski definition) is 1. The SMILES string of the molecule is [Fe+2].c1cc[cH-]c1.c1ccc(N(c2ccccc2)c2ccc[cH-]2)cc1. The van der Waals surface area contributed by atoms with Crippen LogP contribution in [-0.2, 0) is 17.1 Å². The average molecular weight is 353 g/mol. The van der Waals surface area contributed by atoms with Gasteiger partial charge in [0.1, 0.15) is 0 Å². The minimum absolute atomic E-state index is 0. The van der Waals surface area contributed by atoms with Crippen molar-refractivity contribution in [3.63, 3.8) is 0 Å². The van der Waals surface area contributed by atoms with Gasteiger partial charge in [-0.05, 0) is 24.3 Å². The zero-order valence-corrected chi connectivity index (χ0v) is 14.4. The van der Waals surface area contributed by atoms with Gasteiger partial charge in [-0.2, -0.15) is 30.3 Å². The Labute approximate surface area is 154 Å². The van der Waals surface area contributed by atoms with E-state index in [1.165, 1.54) is 17.1 Å². The summed E-state index contributed by atoms with van der Waals surface area (Å²) in [5.74, 6) is 0. The molecule has 120 valence electrons. The van der Waals surface area contributed by atoms with Crippen LogP contribution in [0.25, 0.3) is 0 Å². The Bertz CT molecular complexity index is 703. The zero-order valence-electron chi connectivity index (χ0n) is 13.3. The maximum absolute atomic E-state index is 2.25. The molecule has 0 atom stereocenters. The Hall–Kier alpha value is -2.54. The average Bonchev–Trinajstić information content (AvgIpc) is 3.34. The van der Waals surface area contributed by atoms with Crippen molar-refractivity contribution < 1.29 is 17.1 Å². The minimum Gasteiger partial charge on any atom is -0.335 e. The first kappa shape index (κ1) is 17.8. The van der Waals surface area contributed by atoms with Gasteiger partial charge in [0.05, 0.1) is 0 Å². The van der Waals surface area contributed by atoms with Crippen molar-refractivity contribution in [3.05, 3.63) is 115 Å². The summed E-state index contributed by atoms with van der Waals surface area (Å²) in [4.78, 5) is 2.25. The second-order valence-corrected chi connectivity index (χ2v) is 5.11. The Morgan fingerprint density at radius 2 is 1.08 bits per heavy atom. The van der Waals surface area contributed by atoms with Crippen molar-refractivity contribution >= 4 is 17.1 Å². The smallest absolute Gasteiger partial charge is 0.335 e. The van der Waals surface area contributed by atoms with Crippen molar-refractivity contribution in [2.24, 2.45) is 0 Å². The molecule has 0 aliphatic carbocycles. The number of benzene rings is 2. The molecule has 0 bridgehead atoms. The Kier molecular flexibility index (Phi) is 7.10. The molecule has 4 aromatic rings. The van der Waals surface area contributed by atoms with Crippen molar-refractivity contribution in [3.8, 4) is 0 Å². The summed E-state index contributed by atoms with van der Waals surface area (Å²) in [7, 11) is 0. The first-order valence-electron chi connectivity index (χ1n) is 7.74. The van der Waals surface area contributed by atoms with Gasteiger partial charge in [0.15, 0.2) is 0 Å². The van der Waals surface area contributed by atoms with Gasteiger partial charge in [-0.15, -0.1) is 6.07 Å². The standard InChI is InChI=1S/C17H14N.C5H5.Fe/c1-3-9-15(10-4-1)18(17-13-7-8-14-17)16-11-5-2-6-12-16;1-2-4-5-3-1;/h1-14H;1-5H;/q2*-1;+2. The predicted molar refractivity (Wildman–Crippen MR) is 98.8 cm³/mol. The van der Waals surface area contributed by atoms with E-state index in [4.69, 9.17) is 0 Å². The van der Waals surface area contributed by atoms with E-state index in [1.54, 1.807) is 0 Å². The van der Waals surface area contributed by atoms with Gasteiger partial charge in [0, 0.05) is 11.4 Å². The molecule has 2 heteroatoms. The van der Waals surface area contributed by atoms with Crippen molar-refractivity contribution in [1.29, 1.82) is 0 Å². The van der Waals surface area contributed by atoms with E-state index in [0.717, 1.165) is 0 Å². The quantitative estimate of drug-likeness (QED) is 0.310. The van der Waals surface area contributed by atoms with Crippen LogP contribution in [0.4, 0.5) is 17.1 Å². The summed E-state index contributed by atoms with van der Waals surface area (Å²) >= 11 is 0. The summed E-state index contributed by atoms with van der Waals surface area (Å²) in [5, 5.41) is 0. The van der Waals surface area contributed by atoms with Gasteiger partial charge < -0.3 is 4.90 Å². The first-order chi connectivity index (χ1) is 11.4. The third kappa shape index (κ3) is 4.73. The second-order valence-electron chi connectivity index (χ2n) is 5.11. The molecule has 0 unspecified atom stereocenters. The molecule has 0 amide bonds. The molecule has 0 heterocycles. The van der Waals surface area contributed by atoms with Crippen LogP contribution in [0.1, 0.15) is 0 Å². The molecule has 0 saturated carbocycles. The van der Waals surface area contributed by atoms with Crippen molar-refractivity contribution in [2.75, 3.05) is 4.90 Å². The Balaban J connectivity index is 0.000000300. The summed E-state index contributed by atoms with van der Waals surface area (Å²) in [6.07, 6.45) is 0. The predicted octanol–water partition coefficient (Wildman–Crippen LogP) is 6.28. The largest absolute Gasteiger partial charge is 2.00 e. The summed E-state index contributed by atoms with van der Waals surface area (Å²) in [6, 6.07) is 39.2. The minimum atomic E-state index is 0. The topological polar surface area (TPSA) is 3.24 Å². The molecule has 24 heavy (non-hydrogen) atoms. The van der Waals surface area contributed by atoms with Crippen LogP contribution < -0.4 is 4.90 Å². The second kappa shape index (κ2) is 9.57. The third-order valence-electron chi connectivity index (χ3n) is 3.49. The van der Waals surface area contributed by atoms with Crippen LogP contribution >= 0.6 is 0 Å². The summed E-state index contributed by atoms with van der Waals surface area (Å²) < 4.78 is 0. The van der Waals surface area contributed by atoms with Gasteiger partial charge in [-0.25, -0.2) is 18.2 Å². The molecule has 0 aromatic heterocycles. The number of anilines is 3. The van der Waals surface area contributed by atoms with Crippen LogP contribution in [-0.4, -0.2) is 0 Å². The van der Waals surface area contributed by atoms with E-state index in [0.29, 0.717) is 0 Å². The van der Waals surface area contributed by atoms with E-state index in [2.05, 4.69) is 77.7 Å². The molecule has 1 nitrogen and oxygen atoms in total. The Morgan fingerprint density at radius 3 is 1.46 bits per heavy atom. The van der Waals surface area contributed by atoms with E-state index in [-0.39, 0.29) is 17.1 Å². The fourth-order valence-electron chi connectivity index (χ4n) is 2.44. The normalized spacial score (nSPS) is 9.33. The summed E-state index contributed by atoms with van der Waals surface area (Å²) in [5.41, 5.74) is 3.54. The van der Waals surface area contributed by atoms with Crippen LogP contribution in [0.5, 0.6) is 0 Å².